The lowest BCUT2D eigenvalue weighted by Crippen LogP contribution is -2.32. The van der Waals surface area contributed by atoms with E-state index in [1.807, 2.05) is 6.92 Å². The molecule has 0 radical (unpaired) electrons. The summed E-state index contributed by atoms with van der Waals surface area (Å²) < 4.78 is 27.5. The second kappa shape index (κ2) is 6.52. The maximum absolute atomic E-state index is 12.0. The lowest BCUT2D eigenvalue weighted by atomic mass is 10.2. The molecular formula is C12H18BrNO2S. The van der Waals surface area contributed by atoms with E-state index in [0.717, 1.165) is 23.7 Å². The zero-order valence-electron chi connectivity index (χ0n) is 10.1. The molecule has 3 nitrogen and oxygen atoms in total. The van der Waals surface area contributed by atoms with Gasteiger partial charge in [-0.05, 0) is 31.5 Å². The van der Waals surface area contributed by atoms with E-state index in [1.54, 1.807) is 24.3 Å². The van der Waals surface area contributed by atoms with Crippen LogP contribution in [0.1, 0.15) is 33.1 Å². The topological polar surface area (TPSA) is 46.2 Å². The molecule has 0 aliphatic rings. The van der Waals surface area contributed by atoms with Gasteiger partial charge in [-0.3, -0.25) is 0 Å². The van der Waals surface area contributed by atoms with Gasteiger partial charge in [0, 0.05) is 10.5 Å². The fourth-order valence-corrected chi connectivity index (χ4v) is 3.41. The van der Waals surface area contributed by atoms with Crippen LogP contribution in [0.5, 0.6) is 0 Å². The molecule has 0 spiro atoms. The van der Waals surface area contributed by atoms with Crippen molar-refractivity contribution in [2.45, 2.75) is 44.0 Å². The quantitative estimate of drug-likeness (QED) is 0.874. The molecule has 0 saturated carbocycles. The first kappa shape index (κ1) is 14.7. The SMILES string of the molecule is CCCCC(C)NS(=O)(=O)c1cccc(Br)c1. The van der Waals surface area contributed by atoms with Gasteiger partial charge in [0.1, 0.15) is 0 Å². The Morgan fingerprint density at radius 2 is 2.12 bits per heavy atom. The van der Waals surface area contributed by atoms with Gasteiger partial charge in [-0.15, -0.1) is 0 Å². The second-order valence-corrected chi connectivity index (χ2v) is 6.75. The Kier molecular flexibility index (Phi) is 5.62. The van der Waals surface area contributed by atoms with E-state index in [0.29, 0.717) is 4.90 Å². The second-order valence-electron chi connectivity index (χ2n) is 4.12. The molecule has 1 atom stereocenters. The molecule has 17 heavy (non-hydrogen) atoms. The number of sulfonamides is 1. The Morgan fingerprint density at radius 1 is 1.41 bits per heavy atom. The summed E-state index contributed by atoms with van der Waals surface area (Å²) in [6, 6.07) is 6.70. The molecule has 1 unspecified atom stereocenters. The van der Waals surface area contributed by atoms with Gasteiger partial charge in [0.2, 0.25) is 10.0 Å². The van der Waals surface area contributed by atoms with E-state index < -0.39 is 10.0 Å². The Balaban J connectivity index is 2.75. The first-order chi connectivity index (χ1) is 7.95. The van der Waals surface area contributed by atoms with Gasteiger partial charge in [-0.1, -0.05) is 41.8 Å². The standard InChI is InChI=1S/C12H18BrNO2S/c1-3-4-6-10(2)14-17(15,16)12-8-5-7-11(13)9-12/h5,7-10,14H,3-4,6H2,1-2H3. The van der Waals surface area contributed by atoms with Gasteiger partial charge >= 0.3 is 0 Å². The normalized spacial score (nSPS) is 13.6. The van der Waals surface area contributed by atoms with Crippen molar-refractivity contribution < 1.29 is 8.42 Å². The van der Waals surface area contributed by atoms with Gasteiger partial charge in [-0.25, -0.2) is 13.1 Å². The van der Waals surface area contributed by atoms with Crippen molar-refractivity contribution in [1.29, 1.82) is 0 Å². The number of benzene rings is 1. The summed E-state index contributed by atoms with van der Waals surface area (Å²) in [7, 11) is -3.39. The Hall–Kier alpha value is -0.390. The Labute approximate surface area is 112 Å². The van der Waals surface area contributed by atoms with E-state index in [2.05, 4.69) is 27.6 Å². The monoisotopic (exact) mass is 319 g/mol. The van der Waals surface area contributed by atoms with Crippen molar-refractivity contribution in [3.63, 3.8) is 0 Å². The number of unbranched alkanes of at least 4 members (excludes halogenated alkanes) is 1. The smallest absolute Gasteiger partial charge is 0.208 e. The van der Waals surface area contributed by atoms with Crippen molar-refractivity contribution >= 4 is 26.0 Å². The fourth-order valence-electron chi connectivity index (χ4n) is 1.54. The summed E-state index contributed by atoms with van der Waals surface area (Å²) >= 11 is 3.27. The lowest BCUT2D eigenvalue weighted by Gasteiger charge is -2.13. The molecule has 0 aliphatic heterocycles. The molecule has 1 rings (SSSR count). The highest BCUT2D eigenvalue weighted by molar-refractivity contribution is 9.10. The van der Waals surface area contributed by atoms with E-state index in [4.69, 9.17) is 0 Å². The molecule has 0 amide bonds. The number of hydrogen-bond donors (Lipinski definition) is 1. The average Bonchev–Trinajstić information content (AvgIpc) is 2.26. The zero-order chi connectivity index (χ0) is 12.9. The van der Waals surface area contributed by atoms with Crippen molar-refractivity contribution in [3.8, 4) is 0 Å². The summed E-state index contributed by atoms with van der Waals surface area (Å²) in [4.78, 5) is 0.301. The molecule has 0 aliphatic carbocycles. The van der Waals surface area contributed by atoms with Crippen LogP contribution in [-0.2, 0) is 10.0 Å². The minimum absolute atomic E-state index is 0.0288. The van der Waals surface area contributed by atoms with E-state index in [9.17, 15) is 8.42 Å². The largest absolute Gasteiger partial charge is 0.240 e. The third kappa shape index (κ3) is 4.77. The molecule has 1 aromatic rings. The Bertz CT molecular complexity index is 459. The highest BCUT2D eigenvalue weighted by atomic mass is 79.9. The van der Waals surface area contributed by atoms with Gasteiger partial charge < -0.3 is 0 Å². The summed E-state index contributed by atoms with van der Waals surface area (Å²) in [6.45, 7) is 3.99. The molecule has 5 heteroatoms. The number of rotatable bonds is 6. The first-order valence-electron chi connectivity index (χ1n) is 5.73. The van der Waals surface area contributed by atoms with Crippen LogP contribution in [0.2, 0.25) is 0 Å². The molecule has 0 bridgehead atoms. The maximum atomic E-state index is 12.0. The summed E-state index contributed by atoms with van der Waals surface area (Å²) in [5.41, 5.74) is 0. The van der Waals surface area contributed by atoms with E-state index in [1.165, 1.54) is 0 Å². The van der Waals surface area contributed by atoms with Crippen molar-refractivity contribution in [1.82, 2.24) is 4.72 Å². The Morgan fingerprint density at radius 3 is 2.71 bits per heavy atom. The van der Waals surface area contributed by atoms with Crippen LogP contribution in [0.15, 0.2) is 33.6 Å². The minimum Gasteiger partial charge on any atom is -0.208 e. The van der Waals surface area contributed by atoms with Crippen LogP contribution >= 0.6 is 15.9 Å². The first-order valence-corrected chi connectivity index (χ1v) is 8.01. The molecule has 0 heterocycles. The molecule has 0 aromatic heterocycles. The van der Waals surface area contributed by atoms with Gasteiger partial charge in [-0.2, -0.15) is 0 Å². The summed E-state index contributed by atoms with van der Waals surface area (Å²) in [5.74, 6) is 0. The van der Waals surface area contributed by atoms with E-state index >= 15 is 0 Å². The van der Waals surface area contributed by atoms with Gasteiger partial charge in [0.25, 0.3) is 0 Å². The predicted octanol–water partition coefficient (Wildman–Crippen LogP) is 3.31. The van der Waals surface area contributed by atoms with Crippen molar-refractivity contribution in [3.05, 3.63) is 28.7 Å². The van der Waals surface area contributed by atoms with Crippen LogP contribution in [-0.4, -0.2) is 14.5 Å². The highest BCUT2D eigenvalue weighted by Gasteiger charge is 2.16. The highest BCUT2D eigenvalue weighted by Crippen LogP contribution is 2.16. The van der Waals surface area contributed by atoms with E-state index in [-0.39, 0.29) is 6.04 Å². The molecule has 1 aromatic carbocycles. The zero-order valence-corrected chi connectivity index (χ0v) is 12.5. The van der Waals surface area contributed by atoms with Gasteiger partial charge in [0.05, 0.1) is 4.90 Å². The number of nitrogens with one attached hydrogen (secondary N) is 1. The summed E-state index contributed by atoms with van der Waals surface area (Å²) in [5, 5.41) is 0. The van der Waals surface area contributed by atoms with Gasteiger partial charge in [0.15, 0.2) is 0 Å². The maximum Gasteiger partial charge on any atom is 0.240 e. The van der Waals surface area contributed by atoms with Crippen LogP contribution < -0.4 is 4.72 Å². The number of halogens is 1. The lowest BCUT2D eigenvalue weighted by molar-refractivity contribution is 0.534. The molecule has 0 saturated heterocycles. The summed E-state index contributed by atoms with van der Waals surface area (Å²) in [6.07, 6.45) is 2.97. The molecule has 96 valence electrons. The molecular weight excluding hydrogens is 302 g/mol. The van der Waals surface area contributed by atoms with Crippen LogP contribution in [0.4, 0.5) is 0 Å². The molecule has 0 fully saturated rings. The third-order valence-electron chi connectivity index (χ3n) is 2.45. The van der Waals surface area contributed by atoms with Crippen LogP contribution in [0.25, 0.3) is 0 Å². The minimum atomic E-state index is -3.39. The van der Waals surface area contributed by atoms with Crippen LogP contribution in [0, 0.1) is 0 Å². The third-order valence-corrected chi connectivity index (χ3v) is 4.53. The predicted molar refractivity (Wildman–Crippen MR) is 73.5 cm³/mol. The fraction of sp³-hybridized carbons (Fsp3) is 0.500. The van der Waals surface area contributed by atoms with Crippen LogP contribution in [0.3, 0.4) is 0 Å². The van der Waals surface area contributed by atoms with Crippen molar-refractivity contribution in [2.24, 2.45) is 0 Å². The molecule has 1 N–H and O–H groups in total. The van der Waals surface area contributed by atoms with Crippen molar-refractivity contribution in [2.75, 3.05) is 0 Å². The average molecular weight is 320 g/mol. The number of hydrogen-bond acceptors (Lipinski definition) is 2.